The predicted octanol–water partition coefficient (Wildman–Crippen LogP) is 0.696. The molecule has 1 spiro atoms. The van der Waals surface area contributed by atoms with E-state index in [9.17, 15) is 14.4 Å². The number of carbonyl (C=O) groups excluding carboxylic acids is 3. The van der Waals surface area contributed by atoms with E-state index in [-0.39, 0.29) is 36.4 Å². The van der Waals surface area contributed by atoms with Crippen LogP contribution in [0.1, 0.15) is 46.5 Å². The molecular weight excluding hydrogens is 308 g/mol. The molecule has 0 bridgehead atoms. The van der Waals surface area contributed by atoms with Gasteiger partial charge in [0.1, 0.15) is 12.1 Å². The highest BCUT2D eigenvalue weighted by Gasteiger charge is 2.55. The first kappa shape index (κ1) is 17.2. The third-order valence-corrected chi connectivity index (χ3v) is 6.15. The molecule has 2 N–H and O–H groups in total. The lowest BCUT2D eigenvalue weighted by molar-refractivity contribution is -0.142. The number of nitrogens with zero attached hydrogens (tertiary/aromatic N) is 2. The SMILES string of the molecule is CC1NCCN(C(=O)CN2C(=O)NC3(CCCCC3C)C2=O)C1C. The standard InChI is InChI=1S/C17H28N4O3/c1-11-6-4-5-7-17(11)15(23)21(16(24)19-17)10-14(22)20-9-8-18-12(2)13(20)3/h11-13,18H,4-10H2,1-3H3,(H,19,24). The van der Waals surface area contributed by atoms with Crippen LogP contribution in [-0.2, 0) is 9.59 Å². The molecule has 7 heteroatoms. The molecule has 134 valence electrons. The van der Waals surface area contributed by atoms with Gasteiger partial charge in [-0.2, -0.15) is 0 Å². The van der Waals surface area contributed by atoms with Gasteiger partial charge in [-0.25, -0.2) is 4.79 Å². The fourth-order valence-corrected chi connectivity index (χ4v) is 4.27. The Morgan fingerprint density at radius 3 is 2.71 bits per heavy atom. The van der Waals surface area contributed by atoms with Crippen LogP contribution in [0, 0.1) is 5.92 Å². The Bertz CT molecular complexity index is 552. The van der Waals surface area contributed by atoms with E-state index in [2.05, 4.69) is 10.6 Å². The van der Waals surface area contributed by atoms with Gasteiger partial charge >= 0.3 is 6.03 Å². The molecule has 2 aliphatic heterocycles. The van der Waals surface area contributed by atoms with E-state index in [0.29, 0.717) is 13.0 Å². The fraction of sp³-hybridized carbons (Fsp3) is 0.824. The molecule has 24 heavy (non-hydrogen) atoms. The number of urea groups is 1. The molecule has 3 rings (SSSR count). The van der Waals surface area contributed by atoms with Crippen molar-refractivity contribution in [3.8, 4) is 0 Å². The highest BCUT2D eigenvalue weighted by atomic mass is 16.2. The highest BCUT2D eigenvalue weighted by Crippen LogP contribution is 2.38. The summed E-state index contributed by atoms with van der Waals surface area (Å²) >= 11 is 0. The Balaban J connectivity index is 1.72. The van der Waals surface area contributed by atoms with Crippen LogP contribution in [-0.4, -0.2) is 64.9 Å². The van der Waals surface area contributed by atoms with Gasteiger partial charge in [-0.1, -0.05) is 19.8 Å². The largest absolute Gasteiger partial charge is 0.336 e. The molecule has 7 nitrogen and oxygen atoms in total. The van der Waals surface area contributed by atoms with E-state index < -0.39 is 11.6 Å². The number of hydrogen-bond acceptors (Lipinski definition) is 4. The summed E-state index contributed by atoms with van der Waals surface area (Å²) in [6, 6.07) is -0.164. The molecule has 4 atom stereocenters. The van der Waals surface area contributed by atoms with Gasteiger partial charge in [-0.3, -0.25) is 14.5 Å². The van der Waals surface area contributed by atoms with E-state index in [1.807, 2.05) is 20.8 Å². The summed E-state index contributed by atoms with van der Waals surface area (Å²) in [5.41, 5.74) is -0.794. The van der Waals surface area contributed by atoms with Gasteiger partial charge in [0.05, 0.1) is 0 Å². The quantitative estimate of drug-likeness (QED) is 0.727. The maximum absolute atomic E-state index is 12.9. The maximum Gasteiger partial charge on any atom is 0.325 e. The number of imide groups is 1. The lowest BCUT2D eigenvalue weighted by Gasteiger charge is -2.39. The van der Waals surface area contributed by atoms with E-state index in [1.165, 1.54) is 0 Å². The molecular formula is C17H28N4O3. The minimum atomic E-state index is -0.794. The molecule has 0 aromatic rings. The summed E-state index contributed by atoms with van der Waals surface area (Å²) in [5.74, 6) is -0.260. The lowest BCUT2D eigenvalue weighted by atomic mass is 9.73. The average molecular weight is 336 g/mol. The van der Waals surface area contributed by atoms with Gasteiger partial charge in [0.25, 0.3) is 5.91 Å². The minimum absolute atomic E-state index is 0.0505. The molecule has 1 saturated carbocycles. The molecule has 2 heterocycles. The Hall–Kier alpha value is -1.63. The Kier molecular flexibility index (Phi) is 4.55. The van der Waals surface area contributed by atoms with Crippen LogP contribution >= 0.6 is 0 Å². The molecule has 4 amide bonds. The second-order valence-corrected chi connectivity index (χ2v) is 7.51. The Labute approximate surface area is 143 Å². The van der Waals surface area contributed by atoms with Crippen molar-refractivity contribution in [2.75, 3.05) is 19.6 Å². The first-order valence-electron chi connectivity index (χ1n) is 9.04. The van der Waals surface area contributed by atoms with Gasteiger partial charge in [0.2, 0.25) is 5.91 Å². The third kappa shape index (κ3) is 2.68. The Morgan fingerprint density at radius 1 is 1.25 bits per heavy atom. The van der Waals surface area contributed by atoms with Gasteiger partial charge < -0.3 is 15.5 Å². The van der Waals surface area contributed by atoms with Crippen molar-refractivity contribution < 1.29 is 14.4 Å². The molecule has 0 aromatic heterocycles. The van der Waals surface area contributed by atoms with Gasteiger partial charge in [-0.05, 0) is 32.6 Å². The molecule has 3 aliphatic rings. The second-order valence-electron chi connectivity index (χ2n) is 7.51. The van der Waals surface area contributed by atoms with Crippen LogP contribution in [0.2, 0.25) is 0 Å². The van der Waals surface area contributed by atoms with Crippen molar-refractivity contribution in [2.24, 2.45) is 5.92 Å². The van der Waals surface area contributed by atoms with Crippen LogP contribution in [0.5, 0.6) is 0 Å². The molecule has 2 saturated heterocycles. The minimum Gasteiger partial charge on any atom is -0.336 e. The van der Waals surface area contributed by atoms with E-state index in [1.54, 1.807) is 4.90 Å². The van der Waals surface area contributed by atoms with Crippen molar-refractivity contribution in [2.45, 2.75) is 64.1 Å². The van der Waals surface area contributed by atoms with Crippen LogP contribution in [0.4, 0.5) is 4.79 Å². The summed E-state index contributed by atoms with van der Waals surface area (Å²) in [7, 11) is 0. The van der Waals surface area contributed by atoms with Gasteiger partial charge in [-0.15, -0.1) is 0 Å². The van der Waals surface area contributed by atoms with Gasteiger partial charge in [0.15, 0.2) is 0 Å². The topological polar surface area (TPSA) is 81.8 Å². The Morgan fingerprint density at radius 2 is 2.00 bits per heavy atom. The number of carbonyl (C=O) groups is 3. The lowest BCUT2D eigenvalue weighted by Crippen LogP contribution is -2.59. The van der Waals surface area contributed by atoms with Crippen molar-refractivity contribution in [1.82, 2.24) is 20.4 Å². The van der Waals surface area contributed by atoms with Crippen LogP contribution in [0.15, 0.2) is 0 Å². The molecule has 3 fully saturated rings. The predicted molar refractivity (Wildman–Crippen MR) is 89.2 cm³/mol. The van der Waals surface area contributed by atoms with E-state index >= 15 is 0 Å². The van der Waals surface area contributed by atoms with Crippen molar-refractivity contribution >= 4 is 17.8 Å². The van der Waals surface area contributed by atoms with Crippen LogP contribution < -0.4 is 10.6 Å². The number of rotatable bonds is 2. The van der Waals surface area contributed by atoms with E-state index in [4.69, 9.17) is 0 Å². The zero-order valence-corrected chi connectivity index (χ0v) is 14.8. The van der Waals surface area contributed by atoms with Crippen LogP contribution in [0.3, 0.4) is 0 Å². The normalized spacial score (nSPS) is 37.0. The summed E-state index contributed by atoms with van der Waals surface area (Å²) in [6.45, 7) is 7.23. The smallest absolute Gasteiger partial charge is 0.325 e. The zero-order valence-electron chi connectivity index (χ0n) is 14.8. The first-order chi connectivity index (χ1) is 11.4. The zero-order chi connectivity index (χ0) is 17.5. The van der Waals surface area contributed by atoms with Crippen molar-refractivity contribution in [1.29, 1.82) is 0 Å². The van der Waals surface area contributed by atoms with Crippen molar-refractivity contribution in [3.05, 3.63) is 0 Å². The van der Waals surface area contributed by atoms with Gasteiger partial charge in [0, 0.05) is 25.2 Å². The molecule has 0 radical (unpaired) electrons. The van der Waals surface area contributed by atoms with E-state index in [0.717, 1.165) is 30.7 Å². The summed E-state index contributed by atoms with van der Waals surface area (Å²) in [4.78, 5) is 40.9. The fourth-order valence-electron chi connectivity index (χ4n) is 4.27. The third-order valence-electron chi connectivity index (χ3n) is 6.15. The maximum atomic E-state index is 12.9. The number of hydrogen-bond donors (Lipinski definition) is 2. The number of amides is 4. The average Bonchev–Trinajstić information content (AvgIpc) is 2.78. The molecule has 4 unspecified atom stereocenters. The summed E-state index contributed by atoms with van der Waals surface area (Å²) in [6.07, 6.45) is 3.62. The highest BCUT2D eigenvalue weighted by molar-refractivity contribution is 6.09. The summed E-state index contributed by atoms with van der Waals surface area (Å²) in [5, 5.41) is 6.23. The number of piperazine rings is 1. The second kappa shape index (κ2) is 6.35. The monoisotopic (exact) mass is 336 g/mol. The molecule has 0 aromatic carbocycles. The summed E-state index contributed by atoms with van der Waals surface area (Å²) < 4.78 is 0. The first-order valence-corrected chi connectivity index (χ1v) is 9.04. The molecule has 1 aliphatic carbocycles. The number of nitrogens with one attached hydrogen (secondary N) is 2. The van der Waals surface area contributed by atoms with Crippen molar-refractivity contribution in [3.63, 3.8) is 0 Å². The van der Waals surface area contributed by atoms with Crippen LogP contribution in [0.25, 0.3) is 0 Å².